The second-order valence-corrected chi connectivity index (χ2v) is 8.17. The van der Waals surface area contributed by atoms with Crippen molar-refractivity contribution in [3.63, 3.8) is 0 Å². The first kappa shape index (κ1) is 18.9. The summed E-state index contributed by atoms with van der Waals surface area (Å²) >= 11 is 0. The Morgan fingerprint density at radius 3 is 2.42 bits per heavy atom. The van der Waals surface area contributed by atoms with Crippen molar-refractivity contribution in [1.82, 2.24) is 14.8 Å². The van der Waals surface area contributed by atoms with Crippen molar-refractivity contribution in [3.05, 3.63) is 36.4 Å². The zero-order valence-corrected chi connectivity index (χ0v) is 16.5. The zero-order chi connectivity index (χ0) is 18.9. The van der Waals surface area contributed by atoms with Gasteiger partial charge in [0.15, 0.2) is 5.82 Å². The molecule has 2 aromatic rings. The monoisotopic (exact) mass is 357 g/mol. The van der Waals surface area contributed by atoms with Crippen molar-refractivity contribution in [2.75, 3.05) is 0 Å². The molecule has 0 radical (unpaired) electrons. The molecule has 0 saturated carbocycles. The van der Waals surface area contributed by atoms with Crippen molar-refractivity contribution < 1.29 is 14.0 Å². The lowest BCUT2D eigenvalue weighted by molar-refractivity contribution is 0.00578. The molecule has 0 N–H and O–H groups in total. The van der Waals surface area contributed by atoms with Gasteiger partial charge in [-0.05, 0) is 39.7 Å². The average molecular weight is 357 g/mol. The summed E-state index contributed by atoms with van der Waals surface area (Å²) < 4.78 is 20.3. The van der Waals surface area contributed by atoms with Gasteiger partial charge in [-0.1, -0.05) is 32.0 Å². The maximum Gasteiger partial charge on any atom is 0.498 e. The van der Waals surface area contributed by atoms with E-state index in [2.05, 4.69) is 23.9 Å². The number of aromatic nitrogens is 3. The number of benzene rings is 1. The second-order valence-electron chi connectivity index (χ2n) is 8.17. The molecule has 0 atom stereocenters. The largest absolute Gasteiger partial charge is 0.498 e. The number of hydrogen-bond acceptors (Lipinski definition) is 5. The third-order valence-electron chi connectivity index (χ3n) is 5.02. The Bertz CT molecular complexity index is 742. The Morgan fingerprint density at radius 2 is 1.77 bits per heavy atom. The number of ether oxygens (including phenoxy) is 1. The minimum Gasteiger partial charge on any atom is -0.486 e. The molecule has 1 aromatic carbocycles. The Kier molecular flexibility index (Phi) is 5.13. The molecule has 0 bridgehead atoms. The van der Waals surface area contributed by atoms with E-state index in [1.54, 1.807) is 6.33 Å². The highest BCUT2D eigenvalue weighted by molar-refractivity contribution is 6.63. The van der Waals surface area contributed by atoms with Gasteiger partial charge in [-0.25, -0.2) is 9.67 Å². The van der Waals surface area contributed by atoms with E-state index in [0.717, 1.165) is 23.6 Å². The maximum atomic E-state index is 6.17. The quantitative estimate of drug-likeness (QED) is 0.744. The van der Waals surface area contributed by atoms with Crippen LogP contribution in [0.3, 0.4) is 0 Å². The molecule has 0 aliphatic carbocycles. The Labute approximate surface area is 156 Å². The minimum atomic E-state index is -0.454. The molecule has 1 aliphatic rings. The van der Waals surface area contributed by atoms with Gasteiger partial charge < -0.3 is 14.0 Å². The predicted octanol–water partition coefficient (Wildman–Crippen LogP) is 2.81. The average Bonchev–Trinajstić information content (AvgIpc) is 3.06. The highest BCUT2D eigenvalue weighted by Gasteiger charge is 2.52. The van der Waals surface area contributed by atoms with Gasteiger partial charge in [-0.15, -0.1) is 0 Å². The van der Waals surface area contributed by atoms with E-state index in [0.29, 0.717) is 12.5 Å². The molecule has 26 heavy (non-hydrogen) atoms. The lowest BCUT2D eigenvalue weighted by atomic mass is 9.78. The second kappa shape index (κ2) is 7.04. The highest BCUT2D eigenvalue weighted by atomic mass is 16.7. The van der Waals surface area contributed by atoms with E-state index in [9.17, 15) is 0 Å². The van der Waals surface area contributed by atoms with Crippen LogP contribution >= 0.6 is 0 Å². The van der Waals surface area contributed by atoms with Gasteiger partial charge in [-0.3, -0.25) is 0 Å². The molecule has 1 aliphatic heterocycles. The molecule has 1 aromatic heterocycles. The van der Waals surface area contributed by atoms with Gasteiger partial charge in [0.2, 0.25) is 0 Å². The SMILES string of the molecule is CC(C)Cn1ncnc1COc1ccccc1B1OC(C)(C)C(C)(C)O1. The topological polar surface area (TPSA) is 58.4 Å². The first-order valence-electron chi connectivity index (χ1n) is 9.13. The minimum absolute atomic E-state index is 0.350. The molecule has 1 saturated heterocycles. The van der Waals surface area contributed by atoms with Crippen LogP contribution in [0.4, 0.5) is 0 Å². The van der Waals surface area contributed by atoms with Gasteiger partial charge in [0.1, 0.15) is 18.7 Å². The molecule has 0 spiro atoms. The lowest BCUT2D eigenvalue weighted by Gasteiger charge is -2.32. The van der Waals surface area contributed by atoms with Crippen LogP contribution < -0.4 is 10.2 Å². The summed E-state index contributed by atoms with van der Waals surface area (Å²) in [6, 6.07) is 7.83. The van der Waals surface area contributed by atoms with Crippen molar-refractivity contribution in [2.24, 2.45) is 5.92 Å². The van der Waals surface area contributed by atoms with Gasteiger partial charge in [0, 0.05) is 12.0 Å². The molecular weight excluding hydrogens is 329 g/mol. The van der Waals surface area contributed by atoms with E-state index in [1.165, 1.54) is 0 Å². The summed E-state index contributed by atoms with van der Waals surface area (Å²) in [7, 11) is -0.454. The fraction of sp³-hybridized carbons (Fsp3) is 0.579. The summed E-state index contributed by atoms with van der Waals surface area (Å²) in [5.74, 6) is 2.04. The van der Waals surface area contributed by atoms with E-state index in [1.807, 2.05) is 56.6 Å². The lowest BCUT2D eigenvalue weighted by Crippen LogP contribution is -2.41. The summed E-state index contributed by atoms with van der Waals surface area (Å²) in [5, 5.41) is 4.28. The van der Waals surface area contributed by atoms with Gasteiger partial charge >= 0.3 is 7.12 Å². The third kappa shape index (κ3) is 3.79. The summed E-state index contributed by atoms with van der Waals surface area (Å²) in [6.45, 7) is 13.7. The number of para-hydroxylation sites is 1. The molecular formula is C19H28BN3O3. The Morgan fingerprint density at radius 1 is 1.12 bits per heavy atom. The molecule has 0 unspecified atom stereocenters. The van der Waals surface area contributed by atoms with E-state index < -0.39 is 7.12 Å². The Balaban J connectivity index is 1.76. The zero-order valence-electron chi connectivity index (χ0n) is 16.5. The van der Waals surface area contributed by atoms with Crippen LogP contribution in [0.1, 0.15) is 47.4 Å². The smallest absolute Gasteiger partial charge is 0.486 e. The van der Waals surface area contributed by atoms with Crippen LogP contribution in [0.2, 0.25) is 0 Å². The molecule has 2 heterocycles. The number of hydrogen-bond donors (Lipinski definition) is 0. The molecule has 140 valence electrons. The third-order valence-corrected chi connectivity index (χ3v) is 5.02. The van der Waals surface area contributed by atoms with Crippen LogP contribution in [-0.4, -0.2) is 33.1 Å². The molecule has 0 amide bonds. The van der Waals surface area contributed by atoms with E-state index >= 15 is 0 Å². The van der Waals surface area contributed by atoms with Crippen LogP contribution in [0.15, 0.2) is 30.6 Å². The van der Waals surface area contributed by atoms with Crippen LogP contribution in [0.25, 0.3) is 0 Å². The molecule has 7 heteroatoms. The molecule has 3 rings (SSSR count). The van der Waals surface area contributed by atoms with Crippen molar-refractivity contribution in [3.8, 4) is 5.75 Å². The van der Waals surface area contributed by atoms with Crippen LogP contribution in [0.5, 0.6) is 5.75 Å². The molecule has 1 fully saturated rings. The fourth-order valence-corrected chi connectivity index (χ4v) is 2.82. The first-order chi connectivity index (χ1) is 12.2. The summed E-state index contributed by atoms with van der Waals surface area (Å²) in [4.78, 5) is 4.32. The van der Waals surface area contributed by atoms with Crippen molar-refractivity contribution >= 4 is 12.6 Å². The van der Waals surface area contributed by atoms with Gasteiger partial charge in [0.25, 0.3) is 0 Å². The Hall–Kier alpha value is -1.86. The van der Waals surface area contributed by atoms with Crippen LogP contribution in [-0.2, 0) is 22.5 Å². The number of nitrogens with zero attached hydrogens (tertiary/aromatic N) is 3. The van der Waals surface area contributed by atoms with Gasteiger partial charge in [-0.2, -0.15) is 5.10 Å². The standard InChI is InChI=1S/C19H28BN3O3/c1-14(2)11-23-17(21-13-22-23)12-24-16-10-8-7-9-15(16)20-25-18(3,4)19(5,6)26-20/h7-10,13-14H,11-12H2,1-6H3. The van der Waals surface area contributed by atoms with Gasteiger partial charge in [0.05, 0.1) is 11.2 Å². The fourth-order valence-electron chi connectivity index (χ4n) is 2.82. The van der Waals surface area contributed by atoms with Crippen LogP contribution in [0, 0.1) is 5.92 Å². The summed E-state index contributed by atoms with van der Waals surface area (Å²) in [5.41, 5.74) is 0.117. The maximum absolute atomic E-state index is 6.17. The molecule has 6 nitrogen and oxygen atoms in total. The normalized spacial score (nSPS) is 18.5. The van der Waals surface area contributed by atoms with Crippen molar-refractivity contribution in [1.29, 1.82) is 0 Å². The number of rotatable bonds is 6. The van der Waals surface area contributed by atoms with E-state index in [-0.39, 0.29) is 11.2 Å². The summed E-state index contributed by atoms with van der Waals surface area (Å²) in [6.07, 6.45) is 1.57. The highest BCUT2D eigenvalue weighted by Crippen LogP contribution is 2.37. The first-order valence-corrected chi connectivity index (χ1v) is 9.13. The van der Waals surface area contributed by atoms with E-state index in [4.69, 9.17) is 14.0 Å². The predicted molar refractivity (Wildman–Crippen MR) is 101 cm³/mol. The van der Waals surface area contributed by atoms with Crippen molar-refractivity contribution in [2.45, 2.75) is 65.9 Å².